The number of halogens is 2. The van der Waals surface area contributed by atoms with Gasteiger partial charge in [0.2, 0.25) is 0 Å². The molecule has 0 aliphatic rings. The lowest BCUT2D eigenvalue weighted by Gasteiger charge is -2.07. The van der Waals surface area contributed by atoms with E-state index in [0.29, 0.717) is 24.2 Å². The third kappa shape index (κ3) is 5.02. The molecule has 17 heavy (non-hydrogen) atoms. The molecule has 0 fully saturated rings. The van der Waals surface area contributed by atoms with Crippen molar-refractivity contribution in [3.63, 3.8) is 0 Å². The average Bonchev–Trinajstić information content (AvgIpc) is 2.30. The van der Waals surface area contributed by atoms with Crippen LogP contribution < -0.4 is 4.74 Å². The minimum atomic E-state index is -0.265. The molecular formula is C13H16FIO2. The first-order valence-corrected chi connectivity index (χ1v) is 7.25. The average molecular weight is 350 g/mol. The van der Waals surface area contributed by atoms with Gasteiger partial charge in [-0.15, -0.1) is 0 Å². The molecule has 4 heteroatoms. The molecule has 1 aromatic rings. The monoisotopic (exact) mass is 350 g/mol. The lowest BCUT2D eigenvalue weighted by molar-refractivity contribution is -0.134. The third-order valence-electron chi connectivity index (χ3n) is 2.28. The first kappa shape index (κ1) is 14.4. The van der Waals surface area contributed by atoms with E-state index < -0.39 is 0 Å². The maximum Gasteiger partial charge on any atom is 0.311 e. The fourth-order valence-electron chi connectivity index (χ4n) is 1.45. The number of hydrogen-bond donors (Lipinski definition) is 0. The zero-order chi connectivity index (χ0) is 12.7. The molecule has 0 bridgehead atoms. The van der Waals surface area contributed by atoms with E-state index in [4.69, 9.17) is 4.74 Å². The van der Waals surface area contributed by atoms with E-state index in [1.54, 1.807) is 6.07 Å². The van der Waals surface area contributed by atoms with Crippen LogP contribution in [-0.4, -0.2) is 10.4 Å². The smallest absolute Gasteiger partial charge is 0.311 e. The second-order valence-electron chi connectivity index (χ2n) is 3.77. The number of carbonyl (C=O) groups is 1. The van der Waals surface area contributed by atoms with Gasteiger partial charge in [-0.2, -0.15) is 0 Å². The number of alkyl halides is 1. The molecule has 0 unspecified atom stereocenters. The lowest BCUT2D eigenvalue weighted by atomic mass is 10.1. The van der Waals surface area contributed by atoms with Crippen LogP contribution in [0.3, 0.4) is 0 Å². The molecule has 0 amide bonds. The van der Waals surface area contributed by atoms with E-state index >= 15 is 0 Å². The highest BCUT2D eigenvalue weighted by molar-refractivity contribution is 14.1. The van der Waals surface area contributed by atoms with Gasteiger partial charge in [-0.1, -0.05) is 29.5 Å². The first-order chi connectivity index (χ1) is 8.17. The molecule has 0 aliphatic carbocycles. The van der Waals surface area contributed by atoms with E-state index in [2.05, 4.69) is 22.6 Å². The highest BCUT2D eigenvalue weighted by Crippen LogP contribution is 2.19. The van der Waals surface area contributed by atoms with Gasteiger partial charge < -0.3 is 4.74 Å². The Morgan fingerprint density at radius 1 is 1.47 bits per heavy atom. The summed E-state index contributed by atoms with van der Waals surface area (Å²) in [4.78, 5) is 11.3. The quantitative estimate of drug-likeness (QED) is 0.337. The Morgan fingerprint density at radius 3 is 2.88 bits per heavy atom. The van der Waals surface area contributed by atoms with Crippen molar-refractivity contribution in [2.45, 2.75) is 32.6 Å². The molecule has 0 N–H and O–H groups in total. The summed E-state index contributed by atoms with van der Waals surface area (Å²) in [5.74, 6) is -0.0580. The molecule has 0 spiro atoms. The summed E-state index contributed by atoms with van der Waals surface area (Å²) in [6, 6.07) is 4.47. The predicted octanol–water partition coefficient (Wildman–Crippen LogP) is 3.90. The van der Waals surface area contributed by atoms with Crippen LogP contribution in [-0.2, 0) is 11.2 Å². The molecule has 94 valence electrons. The molecule has 0 aromatic heterocycles. The summed E-state index contributed by atoms with van der Waals surface area (Å²) >= 11 is 2.26. The van der Waals surface area contributed by atoms with Crippen molar-refractivity contribution in [2.75, 3.05) is 4.43 Å². The van der Waals surface area contributed by atoms with Crippen LogP contribution in [0.5, 0.6) is 5.75 Å². The molecule has 1 rings (SSSR count). The van der Waals surface area contributed by atoms with Crippen LogP contribution >= 0.6 is 22.6 Å². The van der Waals surface area contributed by atoms with Gasteiger partial charge in [-0.25, -0.2) is 4.39 Å². The van der Waals surface area contributed by atoms with Crippen molar-refractivity contribution < 1.29 is 13.9 Å². The van der Waals surface area contributed by atoms with Gasteiger partial charge >= 0.3 is 5.97 Å². The van der Waals surface area contributed by atoms with Crippen LogP contribution in [0.25, 0.3) is 0 Å². The molecule has 1 aromatic carbocycles. The van der Waals surface area contributed by atoms with E-state index in [0.717, 1.165) is 17.3 Å². The zero-order valence-electron chi connectivity index (χ0n) is 9.84. The van der Waals surface area contributed by atoms with Crippen molar-refractivity contribution in [3.05, 3.63) is 29.6 Å². The minimum absolute atomic E-state index is 0.231. The van der Waals surface area contributed by atoms with E-state index in [-0.39, 0.29) is 11.8 Å². The maximum atomic E-state index is 13.4. The molecule has 0 aliphatic heterocycles. The second kappa shape index (κ2) is 7.63. The molecule has 2 nitrogen and oxygen atoms in total. The number of rotatable bonds is 6. The second-order valence-corrected chi connectivity index (χ2v) is 4.85. The molecular weight excluding hydrogens is 334 g/mol. The number of carbonyl (C=O) groups excluding carboxylic acids is 1. The Morgan fingerprint density at radius 2 is 2.24 bits per heavy atom. The summed E-state index contributed by atoms with van der Waals surface area (Å²) in [6.07, 6.45) is 2.74. The van der Waals surface area contributed by atoms with Crippen molar-refractivity contribution in [1.82, 2.24) is 0 Å². The van der Waals surface area contributed by atoms with Gasteiger partial charge in [-0.05, 0) is 47.5 Å². The van der Waals surface area contributed by atoms with Crippen molar-refractivity contribution in [1.29, 1.82) is 0 Å². The molecule has 0 saturated heterocycles. The summed E-state index contributed by atoms with van der Waals surface area (Å²) in [7, 11) is 0. The van der Waals surface area contributed by atoms with Gasteiger partial charge in [0.1, 0.15) is 11.6 Å². The van der Waals surface area contributed by atoms with Crippen LogP contribution in [0.1, 0.15) is 31.7 Å². The number of hydrogen-bond acceptors (Lipinski definition) is 2. The van der Waals surface area contributed by atoms with E-state index in [1.807, 2.05) is 6.92 Å². The predicted molar refractivity (Wildman–Crippen MR) is 74.2 cm³/mol. The van der Waals surface area contributed by atoms with Gasteiger partial charge in [-0.3, -0.25) is 4.79 Å². The highest BCUT2D eigenvalue weighted by Gasteiger charge is 2.07. The topological polar surface area (TPSA) is 26.3 Å². The van der Waals surface area contributed by atoms with E-state index in [9.17, 15) is 9.18 Å². The number of ether oxygens (including phenoxy) is 1. The highest BCUT2D eigenvalue weighted by atomic mass is 127. The Kier molecular flexibility index (Phi) is 6.47. The fourth-order valence-corrected chi connectivity index (χ4v) is 1.83. The Labute approximate surface area is 115 Å². The largest absolute Gasteiger partial charge is 0.427 e. The SMILES string of the molecule is CCCC(=O)Oc1ccc(F)c(CCCI)c1. The van der Waals surface area contributed by atoms with Crippen LogP contribution in [0.4, 0.5) is 4.39 Å². The molecule has 0 heterocycles. The lowest BCUT2D eigenvalue weighted by Crippen LogP contribution is -2.07. The van der Waals surface area contributed by atoms with Crippen LogP contribution in [0, 0.1) is 5.82 Å². The fraction of sp³-hybridized carbons (Fsp3) is 0.462. The Bertz CT molecular complexity index is 380. The molecule has 0 atom stereocenters. The first-order valence-electron chi connectivity index (χ1n) is 5.72. The Hall–Kier alpha value is -0.650. The van der Waals surface area contributed by atoms with Gasteiger partial charge in [0.05, 0.1) is 0 Å². The molecule has 0 saturated carbocycles. The van der Waals surface area contributed by atoms with E-state index in [1.165, 1.54) is 12.1 Å². The third-order valence-corrected chi connectivity index (χ3v) is 3.05. The van der Waals surface area contributed by atoms with Gasteiger partial charge in [0, 0.05) is 6.42 Å². The standard InChI is InChI=1S/C13H16FIO2/c1-2-4-13(16)17-11-6-7-12(14)10(9-11)5-3-8-15/h6-7,9H,2-5,8H2,1H3. The number of benzene rings is 1. The maximum absolute atomic E-state index is 13.4. The normalized spacial score (nSPS) is 10.3. The van der Waals surface area contributed by atoms with Crippen molar-refractivity contribution in [3.8, 4) is 5.75 Å². The summed E-state index contributed by atoms with van der Waals surface area (Å²) < 4.78 is 19.5. The van der Waals surface area contributed by atoms with Crippen LogP contribution in [0.15, 0.2) is 18.2 Å². The molecule has 0 radical (unpaired) electrons. The van der Waals surface area contributed by atoms with Crippen molar-refractivity contribution >= 4 is 28.6 Å². The summed E-state index contributed by atoms with van der Waals surface area (Å²) in [5, 5.41) is 0. The van der Waals surface area contributed by atoms with Crippen molar-refractivity contribution in [2.24, 2.45) is 0 Å². The summed E-state index contributed by atoms with van der Waals surface area (Å²) in [5.41, 5.74) is 0.614. The Balaban J connectivity index is 2.70. The zero-order valence-corrected chi connectivity index (χ0v) is 12.0. The number of esters is 1. The van der Waals surface area contributed by atoms with Gasteiger partial charge in [0.25, 0.3) is 0 Å². The minimum Gasteiger partial charge on any atom is -0.427 e. The van der Waals surface area contributed by atoms with Crippen LogP contribution in [0.2, 0.25) is 0 Å². The number of aryl methyl sites for hydroxylation is 1. The van der Waals surface area contributed by atoms with Gasteiger partial charge in [0.15, 0.2) is 0 Å². The summed E-state index contributed by atoms with van der Waals surface area (Å²) in [6.45, 7) is 1.91.